The van der Waals surface area contributed by atoms with Gasteiger partial charge in [0.15, 0.2) is 5.78 Å². The van der Waals surface area contributed by atoms with Crippen molar-refractivity contribution in [3.05, 3.63) is 59.2 Å². The second-order valence-electron chi connectivity index (χ2n) is 16.9. The van der Waals surface area contributed by atoms with E-state index in [1.54, 1.807) is 78.9 Å². The van der Waals surface area contributed by atoms with Gasteiger partial charge >= 0.3 is 6.09 Å². The van der Waals surface area contributed by atoms with Crippen LogP contribution in [0.2, 0.25) is 0 Å². The summed E-state index contributed by atoms with van der Waals surface area (Å²) in [7, 11) is 3.01. The number of nitrogens with one attached hydrogen (secondary N) is 2. The molecule has 1 heterocycles. The molecule has 0 bridgehead atoms. The molecule has 1 aromatic rings. The minimum Gasteiger partial charge on any atom is -0.462 e. The van der Waals surface area contributed by atoms with Gasteiger partial charge in [-0.05, 0) is 41.2 Å². The summed E-state index contributed by atoms with van der Waals surface area (Å²) in [6, 6.07) is 4.28. The number of imide groups is 1. The summed E-state index contributed by atoms with van der Waals surface area (Å²) in [5.41, 5.74) is 0.0552. The fraction of sp³-hybridized carbons (Fsp3) is 0.548. The number of carbonyl (C=O) groups is 9. The number of rotatable bonds is 21. The zero-order valence-corrected chi connectivity index (χ0v) is 35.9. The van der Waals surface area contributed by atoms with Gasteiger partial charge in [0.2, 0.25) is 23.9 Å². The van der Waals surface area contributed by atoms with Crippen molar-refractivity contribution >= 4 is 54.4 Å². The van der Waals surface area contributed by atoms with Crippen LogP contribution in [0.5, 0.6) is 0 Å². The largest absolute Gasteiger partial charge is 0.462 e. The van der Waals surface area contributed by atoms with Crippen molar-refractivity contribution < 1.29 is 57.4 Å². The van der Waals surface area contributed by atoms with Gasteiger partial charge < -0.3 is 29.7 Å². The van der Waals surface area contributed by atoms with E-state index in [1.165, 1.54) is 23.8 Å². The summed E-state index contributed by atoms with van der Waals surface area (Å²) < 4.78 is 15.0. The number of benzene rings is 1. The number of ketones is 1. The molecule has 4 atom stereocenters. The van der Waals surface area contributed by atoms with Crippen LogP contribution in [0.4, 0.5) is 4.79 Å². The minimum absolute atomic E-state index is 0.108. The Bertz CT molecular complexity index is 1760. The van der Waals surface area contributed by atoms with Crippen LogP contribution in [0.3, 0.4) is 0 Å². The van der Waals surface area contributed by atoms with Crippen LogP contribution in [0.1, 0.15) is 79.9 Å². The maximum Gasteiger partial charge on any atom is 0.410 e. The lowest BCUT2D eigenvalue weighted by Gasteiger charge is -2.40. The smallest absolute Gasteiger partial charge is 0.410 e. The average molecular weight is 826 g/mol. The Morgan fingerprint density at radius 2 is 1.41 bits per heavy atom. The molecule has 0 radical (unpaired) electrons. The van der Waals surface area contributed by atoms with E-state index in [9.17, 15) is 43.2 Å². The number of nitrogens with zero attached hydrogens (tertiary/aromatic N) is 3. The van der Waals surface area contributed by atoms with Gasteiger partial charge in [-0.1, -0.05) is 85.7 Å². The predicted molar refractivity (Wildman–Crippen MR) is 214 cm³/mol. The molecule has 0 aromatic heterocycles. The molecule has 2 rings (SSSR count). The average Bonchev–Trinajstić information content (AvgIpc) is 3.46. The molecule has 17 heteroatoms. The van der Waals surface area contributed by atoms with E-state index in [2.05, 4.69) is 15.4 Å². The molecule has 1 aliphatic rings. The van der Waals surface area contributed by atoms with Gasteiger partial charge in [-0.15, -0.1) is 0 Å². The second-order valence-corrected chi connectivity index (χ2v) is 16.9. The normalized spacial score (nSPS) is 15.1. The molecular weight excluding hydrogens is 766 g/mol. The zero-order chi connectivity index (χ0) is 44.8. The summed E-state index contributed by atoms with van der Waals surface area (Å²) in [6.45, 7) is 15.4. The molecule has 0 aliphatic carbocycles. The van der Waals surface area contributed by atoms with Crippen LogP contribution in [-0.2, 0) is 65.6 Å². The van der Waals surface area contributed by atoms with Gasteiger partial charge in [-0.25, -0.2) is 4.79 Å². The maximum atomic E-state index is 14.3. The molecule has 2 unspecified atom stereocenters. The summed E-state index contributed by atoms with van der Waals surface area (Å²) >= 11 is 0. The van der Waals surface area contributed by atoms with Crippen LogP contribution >= 0.6 is 0 Å². The van der Waals surface area contributed by atoms with Gasteiger partial charge in [0.25, 0.3) is 24.8 Å². The zero-order valence-electron chi connectivity index (χ0n) is 35.9. The number of likely N-dealkylation sites (N-methyl/N-ethyl adjacent to an activating group) is 2. The van der Waals surface area contributed by atoms with E-state index < -0.39 is 77.4 Å². The Balaban J connectivity index is 2.15. The van der Waals surface area contributed by atoms with Crippen molar-refractivity contribution in [2.24, 2.45) is 16.7 Å². The molecule has 1 aliphatic heterocycles. The van der Waals surface area contributed by atoms with Gasteiger partial charge in [0, 0.05) is 38.2 Å². The Morgan fingerprint density at radius 1 is 0.831 bits per heavy atom. The first-order valence-electron chi connectivity index (χ1n) is 19.2. The van der Waals surface area contributed by atoms with E-state index >= 15 is 0 Å². The van der Waals surface area contributed by atoms with Gasteiger partial charge in [0.05, 0.1) is 12.6 Å². The molecule has 59 heavy (non-hydrogen) atoms. The van der Waals surface area contributed by atoms with Crippen LogP contribution < -0.4 is 10.6 Å². The fourth-order valence-electron chi connectivity index (χ4n) is 6.30. The third kappa shape index (κ3) is 14.8. The fourth-order valence-corrected chi connectivity index (χ4v) is 6.30. The standard InChI is InChI=1S/C42H59N5O12/c1-26(2)31(20-27(3)37(53)43-32(59-25-49)23-57-24-48)45(10)39(55)35(41(4,5)6)44-38(54)36(42(7,8)9)46(11)40(56)58-22-29-14-12-28(13-15-29)16-17-30(50)21-47-33(51)18-19-34(47)52/h12-15,18-20,24-26,31-32,35-36H,16-17,21-23H2,1-11H3,(H,43,53)(H,44,54)/b27-20+/t31-,32?,35-,36?/m1/s1. The third-order valence-electron chi connectivity index (χ3n) is 9.54. The Hall–Kier alpha value is -5.87. The van der Waals surface area contributed by atoms with E-state index in [1.807, 2.05) is 13.8 Å². The molecule has 6 amide bonds. The Labute approximate surface area is 345 Å². The molecule has 0 saturated heterocycles. The van der Waals surface area contributed by atoms with Crippen LogP contribution in [0, 0.1) is 16.7 Å². The number of aryl methyl sites for hydroxylation is 1. The monoisotopic (exact) mass is 825 g/mol. The van der Waals surface area contributed by atoms with Crippen molar-refractivity contribution in [1.82, 2.24) is 25.3 Å². The lowest BCUT2D eigenvalue weighted by atomic mass is 9.82. The van der Waals surface area contributed by atoms with E-state index in [-0.39, 0.29) is 49.8 Å². The second kappa shape index (κ2) is 21.8. The first-order chi connectivity index (χ1) is 27.4. The van der Waals surface area contributed by atoms with Crippen molar-refractivity contribution in [3.63, 3.8) is 0 Å². The molecule has 1 aromatic carbocycles. The number of amides is 6. The van der Waals surface area contributed by atoms with Crippen LogP contribution in [-0.4, -0.2) is 121 Å². The topological polar surface area (TPSA) is 215 Å². The van der Waals surface area contributed by atoms with Crippen LogP contribution in [0.15, 0.2) is 48.1 Å². The SMILES string of the molecule is C/C(=C\[C@H](C(C)C)N(C)C(=O)[C@@H](NC(=O)C(N(C)C(=O)OCc1ccc(CCC(=O)CN2C(=O)C=CC2=O)cc1)C(C)(C)C)C(C)(C)C)C(=O)NC(COC=O)OC=O. The first kappa shape index (κ1) is 49.3. The molecule has 0 spiro atoms. The lowest BCUT2D eigenvalue weighted by Crippen LogP contribution is -2.61. The molecule has 0 saturated carbocycles. The van der Waals surface area contributed by atoms with E-state index in [0.29, 0.717) is 12.0 Å². The molecule has 2 N–H and O–H groups in total. The molecule has 324 valence electrons. The number of hydrogen-bond donors (Lipinski definition) is 2. The Kier molecular flexibility index (Phi) is 18.2. The number of hydrogen-bond acceptors (Lipinski definition) is 12. The van der Waals surface area contributed by atoms with Crippen molar-refractivity contribution in [2.75, 3.05) is 27.2 Å². The maximum absolute atomic E-state index is 14.3. The number of carbonyl (C=O) groups excluding carboxylic acids is 9. The van der Waals surface area contributed by atoms with Crippen molar-refractivity contribution in [2.45, 2.75) is 106 Å². The molecular formula is C42H59N5O12. The number of Topliss-reactive ketones (excluding diaryl/α,β-unsaturated/α-hetero) is 1. The molecule has 0 fully saturated rings. The van der Waals surface area contributed by atoms with Gasteiger partial charge in [-0.3, -0.25) is 48.2 Å². The van der Waals surface area contributed by atoms with E-state index in [0.717, 1.165) is 22.6 Å². The summed E-state index contributed by atoms with van der Waals surface area (Å²) in [5.74, 6) is -3.15. The number of ether oxygens (including phenoxy) is 3. The first-order valence-corrected chi connectivity index (χ1v) is 19.2. The van der Waals surface area contributed by atoms with Crippen molar-refractivity contribution in [1.29, 1.82) is 0 Å². The summed E-state index contributed by atoms with van der Waals surface area (Å²) in [6.07, 6.45) is 2.34. The molecule has 17 nitrogen and oxygen atoms in total. The minimum atomic E-state index is -1.23. The van der Waals surface area contributed by atoms with Crippen molar-refractivity contribution in [3.8, 4) is 0 Å². The highest BCUT2D eigenvalue weighted by atomic mass is 16.6. The van der Waals surface area contributed by atoms with E-state index in [4.69, 9.17) is 9.47 Å². The Morgan fingerprint density at radius 3 is 1.92 bits per heavy atom. The highest BCUT2D eigenvalue weighted by Gasteiger charge is 2.43. The summed E-state index contributed by atoms with van der Waals surface area (Å²) in [4.78, 5) is 116. The third-order valence-corrected chi connectivity index (χ3v) is 9.54. The van der Waals surface area contributed by atoms with Gasteiger partial charge in [-0.2, -0.15) is 0 Å². The highest BCUT2D eigenvalue weighted by molar-refractivity contribution is 6.14. The quantitative estimate of drug-likeness (QED) is 0.0602. The summed E-state index contributed by atoms with van der Waals surface area (Å²) in [5, 5.41) is 5.35. The predicted octanol–water partition coefficient (Wildman–Crippen LogP) is 2.84. The lowest BCUT2D eigenvalue weighted by molar-refractivity contribution is -0.146. The highest BCUT2D eigenvalue weighted by Crippen LogP contribution is 2.28. The van der Waals surface area contributed by atoms with Crippen LogP contribution in [0.25, 0.3) is 0 Å². The van der Waals surface area contributed by atoms with Gasteiger partial charge in [0.1, 0.15) is 25.3 Å².